The van der Waals surface area contributed by atoms with E-state index in [1.165, 1.54) is 6.07 Å². The average molecular weight is 341 g/mol. The van der Waals surface area contributed by atoms with Crippen molar-refractivity contribution in [1.29, 1.82) is 0 Å². The minimum absolute atomic E-state index is 0.146. The van der Waals surface area contributed by atoms with Crippen molar-refractivity contribution in [2.24, 2.45) is 0 Å². The van der Waals surface area contributed by atoms with E-state index < -0.39 is 5.82 Å². The number of halogens is 1. The maximum absolute atomic E-state index is 14.0. The second-order valence-electron chi connectivity index (χ2n) is 5.29. The van der Waals surface area contributed by atoms with Crippen LogP contribution in [0.4, 0.5) is 9.39 Å². The van der Waals surface area contributed by atoms with Crippen LogP contribution in [0.15, 0.2) is 54.6 Å². The SMILES string of the molecule is CCC(C(=O)Nc1snnc1-c1ccccc1F)c1ccccc1. The summed E-state index contributed by atoms with van der Waals surface area (Å²) in [6, 6.07) is 15.9. The molecule has 1 unspecified atom stereocenters. The third-order valence-electron chi connectivity index (χ3n) is 3.78. The lowest BCUT2D eigenvalue weighted by Crippen LogP contribution is -2.20. The maximum Gasteiger partial charge on any atom is 0.232 e. The highest BCUT2D eigenvalue weighted by Gasteiger charge is 2.22. The van der Waals surface area contributed by atoms with E-state index in [0.29, 0.717) is 22.7 Å². The van der Waals surface area contributed by atoms with Crippen LogP contribution < -0.4 is 5.32 Å². The monoisotopic (exact) mass is 341 g/mol. The van der Waals surface area contributed by atoms with Gasteiger partial charge >= 0.3 is 0 Å². The third-order valence-corrected chi connectivity index (χ3v) is 4.42. The van der Waals surface area contributed by atoms with Crippen molar-refractivity contribution >= 4 is 22.4 Å². The van der Waals surface area contributed by atoms with Gasteiger partial charge in [-0.1, -0.05) is 53.9 Å². The van der Waals surface area contributed by atoms with Crippen molar-refractivity contribution in [3.8, 4) is 11.3 Å². The standard InChI is InChI=1S/C18H16FN3OS/c1-2-13(12-8-4-3-5-9-12)17(23)20-18-16(21-22-24-18)14-10-6-7-11-15(14)19/h3-11,13H,2H2,1H3,(H,20,23). The first kappa shape index (κ1) is 16.3. The van der Waals surface area contributed by atoms with Crippen LogP contribution in [0.5, 0.6) is 0 Å². The molecule has 1 amide bonds. The fraction of sp³-hybridized carbons (Fsp3) is 0.167. The Morgan fingerprint density at radius 2 is 1.88 bits per heavy atom. The van der Waals surface area contributed by atoms with E-state index in [4.69, 9.17) is 0 Å². The summed E-state index contributed by atoms with van der Waals surface area (Å²) in [6.45, 7) is 1.96. The first-order chi connectivity index (χ1) is 11.7. The van der Waals surface area contributed by atoms with Gasteiger partial charge < -0.3 is 5.32 Å². The van der Waals surface area contributed by atoms with Crippen molar-refractivity contribution in [3.05, 3.63) is 66.0 Å². The molecule has 0 bridgehead atoms. The third kappa shape index (κ3) is 3.33. The van der Waals surface area contributed by atoms with E-state index >= 15 is 0 Å². The van der Waals surface area contributed by atoms with Gasteiger partial charge in [0.1, 0.15) is 16.5 Å². The maximum atomic E-state index is 14.0. The summed E-state index contributed by atoms with van der Waals surface area (Å²) in [5, 5.41) is 7.28. The zero-order valence-electron chi connectivity index (χ0n) is 13.1. The molecule has 0 aliphatic heterocycles. The van der Waals surface area contributed by atoms with Gasteiger partial charge in [-0.2, -0.15) is 0 Å². The summed E-state index contributed by atoms with van der Waals surface area (Å²) in [6.07, 6.45) is 0.664. The number of nitrogens with zero attached hydrogens (tertiary/aromatic N) is 2. The van der Waals surface area contributed by atoms with Crippen LogP contribution in [0, 0.1) is 5.82 Å². The lowest BCUT2D eigenvalue weighted by Gasteiger charge is -2.15. The van der Waals surface area contributed by atoms with E-state index in [0.717, 1.165) is 17.1 Å². The smallest absolute Gasteiger partial charge is 0.232 e. The molecule has 1 heterocycles. The number of rotatable bonds is 5. The quantitative estimate of drug-likeness (QED) is 0.744. The van der Waals surface area contributed by atoms with Crippen LogP contribution in [0.25, 0.3) is 11.3 Å². The van der Waals surface area contributed by atoms with Gasteiger partial charge in [-0.15, -0.1) is 5.10 Å². The largest absolute Gasteiger partial charge is 0.314 e. The number of anilines is 1. The number of hydrogen-bond donors (Lipinski definition) is 1. The van der Waals surface area contributed by atoms with Crippen molar-refractivity contribution in [2.75, 3.05) is 5.32 Å². The summed E-state index contributed by atoms with van der Waals surface area (Å²) in [5.74, 6) is -0.815. The molecule has 1 atom stereocenters. The molecule has 0 radical (unpaired) electrons. The normalized spacial score (nSPS) is 11.9. The minimum atomic E-state index is -0.393. The molecule has 1 aromatic heterocycles. The van der Waals surface area contributed by atoms with Gasteiger partial charge in [0.2, 0.25) is 5.91 Å². The number of aromatic nitrogens is 2. The molecule has 24 heavy (non-hydrogen) atoms. The summed E-state index contributed by atoms with van der Waals surface area (Å²) in [4.78, 5) is 12.7. The molecule has 2 aromatic carbocycles. The van der Waals surface area contributed by atoms with E-state index in [2.05, 4.69) is 14.9 Å². The number of hydrogen-bond acceptors (Lipinski definition) is 4. The van der Waals surface area contributed by atoms with Crippen LogP contribution in [0.2, 0.25) is 0 Å². The Labute approximate surface area is 143 Å². The Morgan fingerprint density at radius 3 is 2.58 bits per heavy atom. The molecule has 0 saturated heterocycles. The van der Waals surface area contributed by atoms with Gasteiger partial charge in [0.05, 0.1) is 5.92 Å². The fourth-order valence-corrected chi connectivity index (χ4v) is 3.15. The minimum Gasteiger partial charge on any atom is -0.314 e. The first-order valence-corrected chi connectivity index (χ1v) is 8.41. The van der Waals surface area contributed by atoms with E-state index in [-0.39, 0.29) is 11.8 Å². The van der Waals surface area contributed by atoms with Crippen molar-refractivity contribution in [2.45, 2.75) is 19.3 Å². The number of benzene rings is 2. The Morgan fingerprint density at radius 1 is 1.17 bits per heavy atom. The molecule has 4 nitrogen and oxygen atoms in total. The van der Waals surface area contributed by atoms with Crippen molar-refractivity contribution < 1.29 is 9.18 Å². The van der Waals surface area contributed by atoms with Crippen LogP contribution in [-0.4, -0.2) is 15.5 Å². The molecule has 0 saturated carbocycles. The number of carbonyl (C=O) groups is 1. The zero-order chi connectivity index (χ0) is 16.9. The highest BCUT2D eigenvalue weighted by molar-refractivity contribution is 7.10. The summed E-state index contributed by atoms with van der Waals surface area (Å²) >= 11 is 1.04. The molecule has 0 aliphatic rings. The molecule has 3 aromatic rings. The Balaban J connectivity index is 1.86. The lowest BCUT2D eigenvalue weighted by atomic mass is 9.96. The Bertz CT molecular complexity index is 835. The number of amides is 1. The van der Waals surface area contributed by atoms with Crippen LogP contribution in [-0.2, 0) is 4.79 Å². The molecule has 0 aliphatic carbocycles. The van der Waals surface area contributed by atoms with Crippen LogP contribution in [0.1, 0.15) is 24.8 Å². The molecular weight excluding hydrogens is 325 g/mol. The van der Waals surface area contributed by atoms with E-state index in [1.54, 1.807) is 18.2 Å². The first-order valence-electron chi connectivity index (χ1n) is 7.63. The van der Waals surface area contributed by atoms with Gasteiger partial charge in [0, 0.05) is 17.1 Å². The second kappa shape index (κ2) is 7.31. The Kier molecular flexibility index (Phi) is 4.96. The highest BCUT2D eigenvalue weighted by Crippen LogP contribution is 2.32. The summed E-state index contributed by atoms with van der Waals surface area (Å²) in [5.41, 5.74) is 1.63. The molecule has 1 N–H and O–H groups in total. The molecule has 0 spiro atoms. The Hall–Kier alpha value is -2.60. The topological polar surface area (TPSA) is 54.9 Å². The van der Waals surface area contributed by atoms with Crippen LogP contribution >= 0.6 is 11.5 Å². The lowest BCUT2D eigenvalue weighted by molar-refractivity contribution is -0.117. The van der Waals surface area contributed by atoms with Gasteiger partial charge in [-0.25, -0.2) is 4.39 Å². The summed E-state index contributed by atoms with van der Waals surface area (Å²) < 4.78 is 17.8. The molecular formula is C18H16FN3OS. The van der Waals surface area contributed by atoms with Gasteiger partial charge in [-0.05, 0) is 24.1 Å². The van der Waals surface area contributed by atoms with Gasteiger partial charge in [-0.3, -0.25) is 4.79 Å². The van der Waals surface area contributed by atoms with Crippen molar-refractivity contribution in [1.82, 2.24) is 9.59 Å². The fourth-order valence-electron chi connectivity index (χ4n) is 2.56. The highest BCUT2D eigenvalue weighted by atomic mass is 32.1. The predicted octanol–water partition coefficient (Wildman–Crippen LogP) is 4.48. The van der Waals surface area contributed by atoms with E-state index in [9.17, 15) is 9.18 Å². The summed E-state index contributed by atoms with van der Waals surface area (Å²) in [7, 11) is 0. The second-order valence-corrected chi connectivity index (χ2v) is 6.05. The van der Waals surface area contributed by atoms with Crippen LogP contribution in [0.3, 0.4) is 0 Å². The van der Waals surface area contributed by atoms with Gasteiger partial charge in [0.25, 0.3) is 0 Å². The molecule has 0 fully saturated rings. The molecule has 3 rings (SSSR count). The van der Waals surface area contributed by atoms with Gasteiger partial charge in [0.15, 0.2) is 0 Å². The molecule has 122 valence electrons. The molecule has 6 heteroatoms. The predicted molar refractivity (Wildman–Crippen MR) is 93.4 cm³/mol. The zero-order valence-corrected chi connectivity index (χ0v) is 13.9. The van der Waals surface area contributed by atoms with E-state index in [1.807, 2.05) is 37.3 Å². The average Bonchev–Trinajstić information content (AvgIpc) is 3.05. The number of carbonyl (C=O) groups excluding carboxylic acids is 1. The number of nitrogens with one attached hydrogen (secondary N) is 1. The van der Waals surface area contributed by atoms with Crippen molar-refractivity contribution in [3.63, 3.8) is 0 Å².